The summed E-state index contributed by atoms with van der Waals surface area (Å²) >= 11 is 11.8. The third kappa shape index (κ3) is 3.24. The minimum absolute atomic E-state index is 0.272. The second-order valence-corrected chi connectivity index (χ2v) is 5.19. The number of benzene rings is 2. The van der Waals surface area contributed by atoms with Gasteiger partial charge in [0.2, 0.25) is 0 Å². The SMILES string of the molecule is CCc1cc(N)ccc1NC(=O)c1ccc(Cl)cc1Cl. The molecule has 2 aromatic carbocycles. The molecule has 0 aliphatic carbocycles. The molecule has 0 heterocycles. The predicted molar refractivity (Wildman–Crippen MR) is 84.6 cm³/mol. The van der Waals surface area contributed by atoms with E-state index in [1.807, 2.05) is 13.0 Å². The zero-order valence-electron chi connectivity index (χ0n) is 10.9. The first-order valence-corrected chi connectivity index (χ1v) is 6.91. The van der Waals surface area contributed by atoms with Crippen molar-refractivity contribution >= 4 is 40.5 Å². The highest BCUT2D eigenvalue weighted by Crippen LogP contribution is 2.24. The number of carbonyl (C=O) groups excluding carboxylic acids is 1. The average Bonchev–Trinajstić information content (AvgIpc) is 2.40. The summed E-state index contributed by atoms with van der Waals surface area (Å²) < 4.78 is 0. The maximum absolute atomic E-state index is 12.2. The number of hydrogen-bond donors (Lipinski definition) is 2. The Hall–Kier alpha value is -1.71. The number of amides is 1. The van der Waals surface area contributed by atoms with Crippen LogP contribution in [0.4, 0.5) is 11.4 Å². The van der Waals surface area contributed by atoms with Crippen LogP contribution in [0.2, 0.25) is 10.0 Å². The van der Waals surface area contributed by atoms with Crippen LogP contribution in [0, 0.1) is 0 Å². The first kappa shape index (κ1) is 14.7. The van der Waals surface area contributed by atoms with E-state index in [0.717, 1.165) is 17.7 Å². The van der Waals surface area contributed by atoms with Crippen LogP contribution in [0.5, 0.6) is 0 Å². The first-order chi connectivity index (χ1) is 9.51. The molecular weight excluding hydrogens is 295 g/mol. The molecule has 0 atom stereocenters. The molecule has 104 valence electrons. The van der Waals surface area contributed by atoms with Crippen molar-refractivity contribution in [3.8, 4) is 0 Å². The number of hydrogen-bond acceptors (Lipinski definition) is 2. The maximum atomic E-state index is 12.2. The Bertz CT molecular complexity index is 656. The van der Waals surface area contributed by atoms with Gasteiger partial charge in [0, 0.05) is 16.4 Å². The fourth-order valence-electron chi connectivity index (χ4n) is 1.89. The van der Waals surface area contributed by atoms with E-state index in [9.17, 15) is 4.79 Å². The van der Waals surface area contributed by atoms with Crippen LogP contribution in [0.25, 0.3) is 0 Å². The molecule has 2 aromatic rings. The third-order valence-electron chi connectivity index (χ3n) is 2.93. The van der Waals surface area contributed by atoms with Crippen LogP contribution in [-0.4, -0.2) is 5.91 Å². The van der Waals surface area contributed by atoms with Gasteiger partial charge in [-0.25, -0.2) is 0 Å². The molecule has 0 bridgehead atoms. The number of rotatable bonds is 3. The smallest absolute Gasteiger partial charge is 0.257 e. The standard InChI is InChI=1S/C15H14Cl2N2O/c1-2-9-7-11(18)4-6-14(9)19-15(20)12-5-3-10(16)8-13(12)17/h3-8H,2,18H2,1H3,(H,19,20). The predicted octanol–water partition coefficient (Wildman–Crippen LogP) is 4.39. The Labute approximate surface area is 127 Å². The number of nitrogens with two attached hydrogens (primary N) is 1. The number of aryl methyl sites for hydroxylation is 1. The summed E-state index contributed by atoms with van der Waals surface area (Å²) in [5, 5.41) is 3.66. The van der Waals surface area contributed by atoms with Crippen molar-refractivity contribution in [2.45, 2.75) is 13.3 Å². The Kier molecular flexibility index (Phi) is 4.53. The van der Waals surface area contributed by atoms with E-state index in [1.54, 1.807) is 30.3 Å². The van der Waals surface area contributed by atoms with Crippen LogP contribution in [-0.2, 0) is 6.42 Å². The molecule has 0 unspecified atom stereocenters. The highest BCUT2D eigenvalue weighted by Gasteiger charge is 2.12. The summed E-state index contributed by atoms with van der Waals surface area (Å²) in [6.45, 7) is 2.00. The van der Waals surface area contributed by atoms with E-state index in [2.05, 4.69) is 5.32 Å². The monoisotopic (exact) mass is 308 g/mol. The zero-order valence-corrected chi connectivity index (χ0v) is 12.4. The van der Waals surface area contributed by atoms with Crippen molar-refractivity contribution in [2.75, 3.05) is 11.1 Å². The van der Waals surface area contributed by atoms with Gasteiger partial charge in [0.25, 0.3) is 5.91 Å². The minimum atomic E-state index is -0.272. The van der Waals surface area contributed by atoms with Crippen molar-refractivity contribution in [3.05, 3.63) is 57.6 Å². The molecule has 0 saturated heterocycles. The van der Waals surface area contributed by atoms with E-state index < -0.39 is 0 Å². The zero-order chi connectivity index (χ0) is 14.7. The molecule has 2 rings (SSSR count). The van der Waals surface area contributed by atoms with E-state index in [4.69, 9.17) is 28.9 Å². The van der Waals surface area contributed by atoms with E-state index in [-0.39, 0.29) is 5.91 Å². The molecule has 0 spiro atoms. The highest BCUT2D eigenvalue weighted by molar-refractivity contribution is 6.37. The first-order valence-electron chi connectivity index (χ1n) is 6.16. The Balaban J connectivity index is 2.28. The fourth-order valence-corrected chi connectivity index (χ4v) is 2.39. The number of nitrogen functional groups attached to an aromatic ring is 1. The molecule has 0 aliphatic rings. The van der Waals surface area contributed by atoms with Gasteiger partial charge in [-0.1, -0.05) is 30.1 Å². The van der Waals surface area contributed by atoms with Gasteiger partial charge in [-0.2, -0.15) is 0 Å². The molecule has 3 nitrogen and oxygen atoms in total. The molecular formula is C15H14Cl2N2O. The molecule has 20 heavy (non-hydrogen) atoms. The van der Waals surface area contributed by atoms with E-state index in [0.29, 0.717) is 21.3 Å². The van der Waals surface area contributed by atoms with Crippen molar-refractivity contribution < 1.29 is 4.79 Å². The lowest BCUT2D eigenvalue weighted by Crippen LogP contribution is -2.14. The summed E-state index contributed by atoms with van der Waals surface area (Å²) in [6.07, 6.45) is 0.773. The minimum Gasteiger partial charge on any atom is -0.399 e. The quantitative estimate of drug-likeness (QED) is 0.826. The fraction of sp³-hybridized carbons (Fsp3) is 0.133. The van der Waals surface area contributed by atoms with Crippen LogP contribution in [0.15, 0.2) is 36.4 Å². The van der Waals surface area contributed by atoms with Crippen LogP contribution < -0.4 is 11.1 Å². The van der Waals surface area contributed by atoms with Gasteiger partial charge in [-0.05, 0) is 48.4 Å². The van der Waals surface area contributed by atoms with Gasteiger partial charge in [0.05, 0.1) is 10.6 Å². The van der Waals surface area contributed by atoms with Crippen LogP contribution >= 0.6 is 23.2 Å². The normalized spacial score (nSPS) is 10.3. The van der Waals surface area contributed by atoms with Gasteiger partial charge < -0.3 is 11.1 Å². The lowest BCUT2D eigenvalue weighted by atomic mass is 10.1. The molecule has 0 fully saturated rings. The highest BCUT2D eigenvalue weighted by atomic mass is 35.5. The van der Waals surface area contributed by atoms with Crippen LogP contribution in [0.1, 0.15) is 22.8 Å². The van der Waals surface area contributed by atoms with Gasteiger partial charge in [-0.3, -0.25) is 4.79 Å². The molecule has 5 heteroatoms. The second kappa shape index (κ2) is 6.16. The Morgan fingerprint density at radius 2 is 1.95 bits per heavy atom. The summed E-state index contributed by atoms with van der Waals surface area (Å²) in [4.78, 5) is 12.2. The summed E-state index contributed by atoms with van der Waals surface area (Å²) in [6, 6.07) is 10.2. The Morgan fingerprint density at radius 3 is 2.60 bits per heavy atom. The lowest BCUT2D eigenvalue weighted by molar-refractivity contribution is 0.102. The largest absolute Gasteiger partial charge is 0.399 e. The van der Waals surface area contributed by atoms with Gasteiger partial charge in [-0.15, -0.1) is 0 Å². The van der Waals surface area contributed by atoms with Crippen molar-refractivity contribution in [3.63, 3.8) is 0 Å². The van der Waals surface area contributed by atoms with Gasteiger partial charge in [0.15, 0.2) is 0 Å². The number of carbonyl (C=O) groups is 1. The average molecular weight is 309 g/mol. The van der Waals surface area contributed by atoms with Gasteiger partial charge >= 0.3 is 0 Å². The summed E-state index contributed by atoms with van der Waals surface area (Å²) in [5.41, 5.74) is 8.50. The summed E-state index contributed by atoms with van der Waals surface area (Å²) in [7, 11) is 0. The second-order valence-electron chi connectivity index (χ2n) is 4.35. The molecule has 1 amide bonds. The van der Waals surface area contributed by atoms with Crippen LogP contribution in [0.3, 0.4) is 0 Å². The maximum Gasteiger partial charge on any atom is 0.257 e. The van der Waals surface area contributed by atoms with Crippen molar-refractivity contribution in [1.29, 1.82) is 0 Å². The van der Waals surface area contributed by atoms with E-state index >= 15 is 0 Å². The third-order valence-corrected chi connectivity index (χ3v) is 3.48. The molecule has 0 radical (unpaired) electrons. The molecule has 0 aromatic heterocycles. The molecule has 0 aliphatic heterocycles. The summed E-state index contributed by atoms with van der Waals surface area (Å²) in [5.74, 6) is -0.272. The molecule has 3 N–H and O–H groups in total. The number of anilines is 2. The van der Waals surface area contributed by atoms with Crippen molar-refractivity contribution in [1.82, 2.24) is 0 Å². The topological polar surface area (TPSA) is 55.1 Å². The van der Waals surface area contributed by atoms with E-state index in [1.165, 1.54) is 0 Å². The Morgan fingerprint density at radius 1 is 1.20 bits per heavy atom. The number of nitrogens with one attached hydrogen (secondary N) is 1. The number of halogens is 2. The lowest BCUT2D eigenvalue weighted by Gasteiger charge is -2.11. The van der Waals surface area contributed by atoms with Gasteiger partial charge in [0.1, 0.15) is 0 Å². The molecule has 0 saturated carbocycles. The van der Waals surface area contributed by atoms with Crippen molar-refractivity contribution in [2.24, 2.45) is 0 Å².